The average Bonchev–Trinajstić information content (AvgIpc) is 2.65. The zero-order chi connectivity index (χ0) is 28.5. The predicted octanol–water partition coefficient (Wildman–Crippen LogP) is 2.77. The molecule has 0 atom stereocenters. The van der Waals surface area contributed by atoms with Gasteiger partial charge < -0.3 is 14.7 Å². The summed E-state index contributed by atoms with van der Waals surface area (Å²) in [7, 11) is -4.33. The highest BCUT2D eigenvalue weighted by Crippen LogP contribution is 2.61. The van der Waals surface area contributed by atoms with Crippen LogP contribution in [0, 0.1) is 0 Å². The fourth-order valence-electron chi connectivity index (χ4n) is 2.60. The van der Waals surface area contributed by atoms with Gasteiger partial charge in [0.1, 0.15) is 6.54 Å². The van der Waals surface area contributed by atoms with Gasteiger partial charge in [-0.1, -0.05) is 0 Å². The SMILES string of the molecule is C[N+](C)(CCO)CCCN(CCO)S(=O)(=O)C(F)(F)C(F)(F)C(F)(F)C(F)(F)C(F)(F)C(F)(F)F. The normalized spacial score (nSPS) is 15.7. The van der Waals surface area contributed by atoms with Gasteiger partial charge in [0.25, 0.3) is 10.0 Å². The van der Waals surface area contributed by atoms with E-state index in [1.165, 1.54) is 14.1 Å². The molecule has 0 aromatic rings. The van der Waals surface area contributed by atoms with E-state index in [1.54, 1.807) is 0 Å². The van der Waals surface area contributed by atoms with E-state index in [-0.39, 0.29) is 17.6 Å². The van der Waals surface area contributed by atoms with Crippen molar-refractivity contribution in [1.29, 1.82) is 0 Å². The third kappa shape index (κ3) is 5.90. The maximum atomic E-state index is 14.2. The Kier molecular flexibility index (Phi) is 10.00. The largest absolute Gasteiger partial charge is 0.460 e. The fraction of sp³-hybridized carbons (Fsp3) is 1.00. The van der Waals surface area contributed by atoms with E-state index >= 15 is 0 Å². The number of hydrogen-bond acceptors (Lipinski definition) is 4. The lowest BCUT2D eigenvalue weighted by Gasteiger charge is -2.40. The molecule has 0 aromatic carbocycles. The monoisotopic (exact) mass is 573 g/mol. The molecule has 0 unspecified atom stereocenters. The Morgan fingerprint density at radius 1 is 0.657 bits per heavy atom. The van der Waals surface area contributed by atoms with E-state index < -0.39 is 82.2 Å². The Hall–Kier alpha value is -1.12. The molecule has 0 aromatic heterocycles. The molecule has 212 valence electrons. The predicted molar refractivity (Wildman–Crippen MR) is 91.9 cm³/mol. The van der Waals surface area contributed by atoms with E-state index in [9.17, 15) is 65.5 Å². The van der Waals surface area contributed by atoms with Crippen molar-refractivity contribution in [3.63, 3.8) is 0 Å². The van der Waals surface area contributed by atoms with Gasteiger partial charge in [0.15, 0.2) is 0 Å². The molecule has 6 nitrogen and oxygen atoms in total. The number of rotatable bonds is 14. The van der Waals surface area contributed by atoms with E-state index in [0.717, 1.165) is 0 Å². The van der Waals surface area contributed by atoms with Gasteiger partial charge in [-0.2, -0.15) is 61.4 Å². The number of aliphatic hydroxyl groups excluding tert-OH is 2. The van der Waals surface area contributed by atoms with Crippen LogP contribution in [0.2, 0.25) is 0 Å². The highest BCUT2D eigenvalue weighted by Gasteiger charge is 2.92. The zero-order valence-electron chi connectivity index (χ0n) is 17.9. The topological polar surface area (TPSA) is 77.8 Å². The van der Waals surface area contributed by atoms with Crippen LogP contribution in [0.25, 0.3) is 0 Å². The second-order valence-electron chi connectivity index (χ2n) is 7.90. The lowest BCUT2D eigenvalue weighted by atomic mass is 9.98. The van der Waals surface area contributed by atoms with Gasteiger partial charge in [-0.05, 0) is 0 Å². The summed E-state index contributed by atoms with van der Waals surface area (Å²) in [6, 6.07) is 0. The van der Waals surface area contributed by atoms with Gasteiger partial charge in [0, 0.05) is 19.5 Å². The first-order valence-electron chi connectivity index (χ1n) is 9.22. The average molecular weight is 573 g/mol. The smallest absolute Gasteiger partial charge is 0.395 e. The molecule has 0 amide bonds. The summed E-state index contributed by atoms with van der Waals surface area (Å²) in [6.45, 7) is -4.68. The molecule has 0 radical (unpaired) electrons. The molecule has 0 heterocycles. The van der Waals surface area contributed by atoms with Crippen LogP contribution in [-0.4, -0.2) is 116 Å². The Labute approximate surface area is 190 Å². The standard InChI is InChI=1S/C15H22F13N2O4S/c1-30(2,7-9-32)6-3-4-29(5-8-31)35(33,34)15(27,28)13(22,23)11(18,19)10(16,17)12(20,21)14(24,25)26/h31-32H,3-9H2,1-2H3/q+1. The molecular weight excluding hydrogens is 551 g/mol. The zero-order valence-corrected chi connectivity index (χ0v) is 18.7. The van der Waals surface area contributed by atoms with Crippen molar-refractivity contribution in [1.82, 2.24) is 4.31 Å². The molecule has 35 heavy (non-hydrogen) atoms. The lowest BCUT2D eigenvalue weighted by Crippen LogP contribution is -2.72. The van der Waals surface area contributed by atoms with Crippen LogP contribution in [0.3, 0.4) is 0 Å². The van der Waals surface area contributed by atoms with E-state index in [1.807, 2.05) is 0 Å². The molecule has 20 heteroatoms. The molecule has 0 saturated carbocycles. The summed E-state index contributed by atoms with van der Waals surface area (Å²) < 4.78 is 196. The van der Waals surface area contributed by atoms with E-state index in [2.05, 4.69) is 0 Å². The number of aliphatic hydroxyl groups is 2. The van der Waals surface area contributed by atoms with Crippen molar-refractivity contribution >= 4 is 10.0 Å². The number of halogens is 13. The van der Waals surface area contributed by atoms with Crippen molar-refractivity contribution < 1.29 is 80.2 Å². The first-order chi connectivity index (χ1) is 15.2. The number of hydrogen-bond donors (Lipinski definition) is 2. The number of sulfonamides is 1. The molecule has 0 rings (SSSR count). The van der Waals surface area contributed by atoms with Crippen LogP contribution < -0.4 is 0 Å². The van der Waals surface area contributed by atoms with Crippen LogP contribution in [0.15, 0.2) is 0 Å². The molecule has 0 saturated heterocycles. The summed E-state index contributed by atoms with van der Waals surface area (Å²) in [4.78, 5) is 0. The van der Waals surface area contributed by atoms with Crippen molar-refractivity contribution in [2.45, 2.75) is 41.5 Å². The van der Waals surface area contributed by atoms with Crippen LogP contribution in [0.4, 0.5) is 57.1 Å². The van der Waals surface area contributed by atoms with Crippen molar-refractivity contribution in [3.8, 4) is 0 Å². The highest BCUT2D eigenvalue weighted by molar-refractivity contribution is 7.90. The molecule has 2 N–H and O–H groups in total. The van der Waals surface area contributed by atoms with E-state index in [4.69, 9.17) is 10.2 Å². The number of alkyl halides is 13. The summed E-state index contributed by atoms with van der Waals surface area (Å²) in [5.74, 6) is -32.5. The first-order valence-corrected chi connectivity index (χ1v) is 10.7. The summed E-state index contributed by atoms with van der Waals surface area (Å²) in [6.07, 6.45) is -8.14. The van der Waals surface area contributed by atoms with Gasteiger partial charge in [-0.25, -0.2) is 8.42 Å². The number of nitrogens with zero attached hydrogens (tertiary/aromatic N) is 2. The van der Waals surface area contributed by atoms with Gasteiger partial charge in [0.2, 0.25) is 0 Å². The minimum absolute atomic E-state index is 0.00963. The Balaban J connectivity index is 6.40. The number of likely N-dealkylation sites (N-methyl/N-ethyl adjacent to an activating group) is 1. The maximum absolute atomic E-state index is 14.2. The third-order valence-electron chi connectivity index (χ3n) is 4.79. The Morgan fingerprint density at radius 3 is 1.46 bits per heavy atom. The second-order valence-corrected chi connectivity index (χ2v) is 9.88. The third-order valence-corrected chi connectivity index (χ3v) is 6.74. The quantitative estimate of drug-likeness (QED) is 0.248. The summed E-state index contributed by atoms with van der Waals surface area (Å²) in [5, 5.41) is 10.4. The van der Waals surface area contributed by atoms with Crippen LogP contribution in [-0.2, 0) is 10.0 Å². The van der Waals surface area contributed by atoms with Crippen LogP contribution in [0.1, 0.15) is 6.42 Å². The Bertz CT molecular complexity index is 816. The molecule has 0 aliphatic heterocycles. The summed E-state index contributed by atoms with van der Waals surface area (Å²) >= 11 is 0. The second kappa shape index (κ2) is 10.3. The molecule has 0 fully saturated rings. The molecule has 0 bridgehead atoms. The fourth-order valence-corrected chi connectivity index (χ4v) is 4.07. The highest BCUT2D eigenvalue weighted by atomic mass is 32.2. The van der Waals surface area contributed by atoms with Gasteiger partial charge in [-0.15, -0.1) is 0 Å². The molecule has 0 aliphatic carbocycles. The van der Waals surface area contributed by atoms with Gasteiger partial charge in [-0.3, -0.25) is 0 Å². The molecule has 0 aliphatic rings. The van der Waals surface area contributed by atoms with Gasteiger partial charge in [0.05, 0.1) is 33.9 Å². The summed E-state index contributed by atoms with van der Waals surface area (Å²) in [5.41, 5.74) is 0. The lowest BCUT2D eigenvalue weighted by molar-refractivity contribution is -0.890. The molecule has 0 spiro atoms. The van der Waals surface area contributed by atoms with E-state index in [0.29, 0.717) is 0 Å². The minimum Gasteiger partial charge on any atom is -0.395 e. The van der Waals surface area contributed by atoms with Crippen molar-refractivity contribution in [2.24, 2.45) is 0 Å². The molecular formula is C15H22F13N2O4S+. The Morgan fingerprint density at radius 2 is 1.09 bits per heavy atom. The van der Waals surface area contributed by atoms with Crippen molar-refractivity contribution in [3.05, 3.63) is 0 Å². The maximum Gasteiger partial charge on any atom is 0.460 e. The minimum atomic E-state index is -8.25. The van der Waals surface area contributed by atoms with Crippen LogP contribution in [0.5, 0.6) is 0 Å². The number of quaternary nitrogens is 1. The first kappa shape index (κ1) is 33.9. The van der Waals surface area contributed by atoms with Crippen LogP contribution >= 0.6 is 0 Å². The van der Waals surface area contributed by atoms with Crippen molar-refractivity contribution in [2.75, 3.05) is 53.5 Å². The van der Waals surface area contributed by atoms with Gasteiger partial charge >= 0.3 is 35.1 Å².